The molecule has 2 aliphatic rings. The number of allylic oxidation sites excluding steroid dienone is 4. The van der Waals surface area contributed by atoms with Crippen LogP contribution >= 0.6 is 11.8 Å². The van der Waals surface area contributed by atoms with Crippen molar-refractivity contribution in [3.05, 3.63) is 36.3 Å². The predicted octanol–water partition coefficient (Wildman–Crippen LogP) is 5.98. The van der Waals surface area contributed by atoms with Gasteiger partial charge >= 0.3 is 6.18 Å². The molecule has 0 aromatic carbocycles. The molecule has 1 atom stereocenters. The van der Waals surface area contributed by atoms with Crippen molar-refractivity contribution in [2.24, 2.45) is 5.41 Å². The molecule has 182 valence electrons. The molecule has 1 saturated heterocycles. The number of likely N-dealkylation sites (tertiary alicyclic amines) is 1. The molecule has 8 heteroatoms. The Morgan fingerprint density at radius 2 is 1.81 bits per heavy atom. The molecule has 4 nitrogen and oxygen atoms in total. The van der Waals surface area contributed by atoms with Crippen molar-refractivity contribution in [2.75, 3.05) is 12.3 Å². The van der Waals surface area contributed by atoms with Gasteiger partial charge in [0.1, 0.15) is 0 Å². The number of thioether (sulfide) groups is 1. The first-order chi connectivity index (χ1) is 14.6. The molecule has 2 rings (SSSR count). The molecule has 0 aromatic heterocycles. The van der Waals surface area contributed by atoms with E-state index >= 15 is 0 Å². The normalized spacial score (nSPS) is 28.9. The Balaban J connectivity index is 2.05. The average molecular weight is 476 g/mol. The zero-order valence-corrected chi connectivity index (χ0v) is 20.5. The third-order valence-electron chi connectivity index (χ3n) is 6.26. The number of carbonyl (C=O) groups is 1. The third-order valence-corrected chi connectivity index (χ3v) is 7.81. The van der Waals surface area contributed by atoms with Gasteiger partial charge in [-0.3, -0.25) is 4.79 Å². The monoisotopic (exact) mass is 475 g/mol. The smallest absolute Gasteiger partial charge is 0.425 e. The van der Waals surface area contributed by atoms with Crippen molar-refractivity contribution in [1.82, 2.24) is 4.90 Å². The number of carbonyl (C=O) groups excluding carboxylic acids is 1. The van der Waals surface area contributed by atoms with Gasteiger partial charge in [-0.1, -0.05) is 27.4 Å². The number of hydrogen-bond donors (Lipinski definition) is 1. The lowest BCUT2D eigenvalue weighted by Crippen LogP contribution is -2.45. The zero-order valence-electron chi connectivity index (χ0n) is 19.7. The minimum Gasteiger partial charge on any atom is -0.486 e. The fourth-order valence-electron chi connectivity index (χ4n) is 4.08. The summed E-state index contributed by atoms with van der Waals surface area (Å²) in [6.45, 7) is 13.1. The summed E-state index contributed by atoms with van der Waals surface area (Å²) in [5.74, 6) is 0.766. The van der Waals surface area contributed by atoms with E-state index in [0.717, 1.165) is 6.92 Å². The summed E-state index contributed by atoms with van der Waals surface area (Å²) >= 11 is 1.74. The van der Waals surface area contributed by atoms with Gasteiger partial charge in [0.05, 0.1) is 16.8 Å². The van der Waals surface area contributed by atoms with Crippen LogP contribution < -0.4 is 0 Å². The summed E-state index contributed by atoms with van der Waals surface area (Å²) in [7, 11) is 0. The highest BCUT2D eigenvalue weighted by Gasteiger charge is 2.51. The van der Waals surface area contributed by atoms with E-state index < -0.39 is 23.3 Å². The van der Waals surface area contributed by atoms with E-state index in [9.17, 15) is 23.1 Å². The second kappa shape index (κ2) is 9.84. The summed E-state index contributed by atoms with van der Waals surface area (Å²) in [5, 5.41) is 11.0. The van der Waals surface area contributed by atoms with Crippen LogP contribution in [0.5, 0.6) is 0 Å². The maximum Gasteiger partial charge on any atom is 0.425 e. The quantitative estimate of drug-likeness (QED) is 0.363. The number of alkyl halides is 3. The Morgan fingerprint density at radius 1 is 1.22 bits per heavy atom. The third kappa shape index (κ3) is 6.80. The number of nitrogens with zero attached hydrogens (tertiary/aromatic N) is 1. The van der Waals surface area contributed by atoms with Gasteiger partial charge in [-0.05, 0) is 64.2 Å². The first kappa shape index (κ1) is 26.8. The van der Waals surface area contributed by atoms with Gasteiger partial charge in [-0.15, -0.1) is 0 Å². The maximum atomic E-state index is 13.3. The van der Waals surface area contributed by atoms with Crippen molar-refractivity contribution < 1.29 is 27.8 Å². The maximum absolute atomic E-state index is 13.3. The molecule has 0 radical (unpaired) electrons. The summed E-state index contributed by atoms with van der Waals surface area (Å²) in [6.07, 6.45) is 1.33. The molecular formula is C24H36F3NO3S. The molecule has 32 heavy (non-hydrogen) atoms. The van der Waals surface area contributed by atoms with Crippen molar-refractivity contribution >= 4 is 17.7 Å². The van der Waals surface area contributed by atoms with Crippen molar-refractivity contribution in [3.63, 3.8) is 0 Å². The molecule has 1 spiro atoms. The predicted molar refractivity (Wildman–Crippen MR) is 123 cm³/mol. The highest BCUT2D eigenvalue weighted by molar-refractivity contribution is 8.00. The standard InChI is InChI=1S/C24H36F3NO3S/c1-7-19(9-8-17(2)31-18(3)24(25,26)27)28-15-14-22(20(28)29)10-12-23(30,13-11-22)16-32-21(4,5)6/h7-9,18,30H,1,10-16H2,2-6H3/b17-8+,19-9+/t18-,22?,23?/m0/s1. The SMILES string of the molecule is C=C/C(=C\C=C(/C)O[C@@H](C)C(F)(F)F)N1CCC2(CCC(O)(CSC(C)(C)C)CC2)C1=O. The van der Waals surface area contributed by atoms with Gasteiger partial charge in [-0.25, -0.2) is 0 Å². The van der Waals surface area contributed by atoms with Gasteiger partial charge in [0.15, 0.2) is 6.10 Å². The summed E-state index contributed by atoms with van der Waals surface area (Å²) in [4.78, 5) is 15.0. The van der Waals surface area contributed by atoms with Crippen LogP contribution in [0.3, 0.4) is 0 Å². The lowest BCUT2D eigenvalue weighted by Gasteiger charge is -2.41. The number of aliphatic hydroxyl groups is 1. The Morgan fingerprint density at radius 3 is 2.31 bits per heavy atom. The van der Waals surface area contributed by atoms with Crippen LogP contribution in [0.4, 0.5) is 13.2 Å². The van der Waals surface area contributed by atoms with E-state index in [4.69, 9.17) is 4.74 Å². The molecule has 1 heterocycles. The van der Waals surface area contributed by atoms with E-state index in [1.165, 1.54) is 19.1 Å². The molecule has 0 unspecified atom stereocenters. The molecule has 1 aliphatic carbocycles. The lowest BCUT2D eigenvalue weighted by molar-refractivity contribution is -0.203. The minimum absolute atomic E-state index is 0.00445. The number of amides is 1. The van der Waals surface area contributed by atoms with Gasteiger partial charge in [0.2, 0.25) is 5.91 Å². The largest absolute Gasteiger partial charge is 0.486 e. The second-order valence-electron chi connectivity index (χ2n) is 9.99. The van der Waals surface area contributed by atoms with E-state index in [1.807, 2.05) is 0 Å². The van der Waals surface area contributed by atoms with E-state index in [-0.39, 0.29) is 16.4 Å². The Hall–Kier alpha value is -1.41. The van der Waals surface area contributed by atoms with Gasteiger partial charge in [-0.2, -0.15) is 24.9 Å². The molecule has 1 N–H and O–H groups in total. The van der Waals surface area contributed by atoms with Crippen LogP contribution in [0, 0.1) is 5.41 Å². The summed E-state index contributed by atoms with van der Waals surface area (Å²) in [5.41, 5.74) is -0.695. The Kier molecular flexibility index (Phi) is 8.25. The minimum atomic E-state index is -4.44. The molecule has 1 saturated carbocycles. The van der Waals surface area contributed by atoms with Gasteiger partial charge in [0.25, 0.3) is 0 Å². The summed E-state index contributed by atoms with van der Waals surface area (Å²) < 4.78 is 43.0. The fourth-order valence-corrected chi connectivity index (χ4v) is 5.07. The van der Waals surface area contributed by atoms with Crippen LogP contribution in [0.2, 0.25) is 0 Å². The fraction of sp³-hybridized carbons (Fsp3) is 0.708. The van der Waals surface area contributed by atoms with Crippen LogP contribution in [0.1, 0.15) is 66.7 Å². The van der Waals surface area contributed by atoms with E-state index in [1.54, 1.807) is 22.7 Å². The number of ether oxygens (including phenoxy) is 1. The molecule has 0 bridgehead atoms. The first-order valence-corrected chi connectivity index (χ1v) is 12.0. The van der Waals surface area contributed by atoms with Crippen molar-refractivity contribution in [1.29, 1.82) is 0 Å². The molecule has 1 aliphatic heterocycles. The van der Waals surface area contributed by atoms with Crippen LogP contribution in [-0.4, -0.2) is 50.8 Å². The molecule has 1 amide bonds. The topological polar surface area (TPSA) is 49.8 Å². The molecule has 0 aromatic rings. The van der Waals surface area contributed by atoms with Gasteiger partial charge in [0, 0.05) is 22.7 Å². The number of hydrogen-bond acceptors (Lipinski definition) is 4. The molecule has 2 fully saturated rings. The average Bonchev–Trinajstić information content (AvgIpc) is 2.99. The lowest BCUT2D eigenvalue weighted by atomic mass is 9.68. The van der Waals surface area contributed by atoms with Crippen LogP contribution in [-0.2, 0) is 9.53 Å². The number of halogens is 3. The van der Waals surface area contributed by atoms with Crippen molar-refractivity contribution in [2.45, 2.75) is 89.4 Å². The van der Waals surface area contributed by atoms with E-state index in [2.05, 4.69) is 27.4 Å². The van der Waals surface area contributed by atoms with Crippen molar-refractivity contribution in [3.8, 4) is 0 Å². The molecular weight excluding hydrogens is 439 g/mol. The zero-order chi connectivity index (χ0) is 24.4. The Labute approximate surface area is 194 Å². The first-order valence-electron chi connectivity index (χ1n) is 11.0. The highest BCUT2D eigenvalue weighted by Crippen LogP contribution is 2.49. The second-order valence-corrected chi connectivity index (χ2v) is 11.8. The highest BCUT2D eigenvalue weighted by atomic mass is 32.2. The van der Waals surface area contributed by atoms with Gasteiger partial charge < -0.3 is 14.7 Å². The van der Waals surface area contributed by atoms with Crippen LogP contribution in [0.15, 0.2) is 36.3 Å². The summed E-state index contributed by atoms with van der Waals surface area (Å²) in [6, 6.07) is 0. The Bertz CT molecular complexity index is 759. The number of rotatable bonds is 7. The van der Waals surface area contributed by atoms with Crippen LogP contribution in [0.25, 0.3) is 0 Å². The van der Waals surface area contributed by atoms with E-state index in [0.29, 0.717) is 50.1 Å².